The zero-order chi connectivity index (χ0) is 17.4. The molecule has 1 unspecified atom stereocenters. The van der Waals surface area contributed by atoms with Crippen LogP contribution < -0.4 is 0 Å². The second-order valence-corrected chi connectivity index (χ2v) is 7.20. The summed E-state index contributed by atoms with van der Waals surface area (Å²) < 4.78 is 12.2. The molecule has 2 nitrogen and oxygen atoms in total. The van der Waals surface area contributed by atoms with Gasteiger partial charge in [0.2, 0.25) is 0 Å². The minimum atomic E-state index is 0.114. The maximum Gasteiger partial charge on any atom is 0.0717 e. The highest BCUT2D eigenvalue weighted by Crippen LogP contribution is 2.43. The summed E-state index contributed by atoms with van der Waals surface area (Å²) in [5.74, 6) is 0.584. The van der Waals surface area contributed by atoms with Gasteiger partial charge in [-0.1, -0.05) is 66.7 Å². The number of benzene rings is 2. The lowest BCUT2D eigenvalue weighted by atomic mass is 9.87. The fraction of sp³-hybridized carbons (Fsp3) is 0.391. The lowest BCUT2D eigenvalue weighted by Gasteiger charge is -2.29. The van der Waals surface area contributed by atoms with Crippen molar-refractivity contribution in [1.29, 1.82) is 0 Å². The Morgan fingerprint density at radius 3 is 1.84 bits per heavy atom. The molecule has 132 valence electrons. The highest BCUT2D eigenvalue weighted by Gasteiger charge is 2.38. The summed E-state index contributed by atoms with van der Waals surface area (Å²) in [4.78, 5) is 0. The van der Waals surface area contributed by atoms with Crippen molar-refractivity contribution in [3.8, 4) is 0 Å². The number of hydrogen-bond donors (Lipinski definition) is 0. The fourth-order valence-corrected chi connectivity index (χ4v) is 3.68. The van der Waals surface area contributed by atoms with E-state index >= 15 is 0 Å². The van der Waals surface area contributed by atoms with Crippen molar-refractivity contribution >= 4 is 0 Å². The molecule has 0 amide bonds. The Bertz CT molecular complexity index is 590. The molecule has 2 heteroatoms. The van der Waals surface area contributed by atoms with Gasteiger partial charge in [0, 0.05) is 5.41 Å². The molecule has 0 aromatic heterocycles. The number of rotatable bonds is 9. The Morgan fingerprint density at radius 2 is 1.40 bits per heavy atom. The van der Waals surface area contributed by atoms with E-state index in [4.69, 9.17) is 9.47 Å². The Morgan fingerprint density at radius 1 is 0.880 bits per heavy atom. The van der Waals surface area contributed by atoms with Crippen LogP contribution in [0.5, 0.6) is 0 Å². The van der Waals surface area contributed by atoms with E-state index in [0.717, 1.165) is 26.1 Å². The molecule has 1 fully saturated rings. The summed E-state index contributed by atoms with van der Waals surface area (Å²) in [5, 5.41) is 0. The number of allylic oxidation sites excluding steroid dienone is 1. The summed E-state index contributed by atoms with van der Waals surface area (Å²) in [6.07, 6.45) is 5.54. The van der Waals surface area contributed by atoms with Gasteiger partial charge in [0.25, 0.3) is 0 Å². The van der Waals surface area contributed by atoms with E-state index in [1.165, 1.54) is 17.5 Å². The minimum absolute atomic E-state index is 0.114. The summed E-state index contributed by atoms with van der Waals surface area (Å²) in [5.41, 5.74) is 2.56. The van der Waals surface area contributed by atoms with Crippen molar-refractivity contribution in [2.45, 2.75) is 32.5 Å². The first-order valence-corrected chi connectivity index (χ1v) is 9.16. The van der Waals surface area contributed by atoms with Crippen LogP contribution in [0.25, 0.3) is 0 Å². The molecule has 2 aromatic carbocycles. The van der Waals surface area contributed by atoms with E-state index in [-0.39, 0.29) is 5.41 Å². The van der Waals surface area contributed by atoms with Crippen molar-refractivity contribution in [3.05, 3.63) is 84.4 Å². The van der Waals surface area contributed by atoms with E-state index in [1.807, 2.05) is 12.1 Å². The maximum atomic E-state index is 6.09. The van der Waals surface area contributed by atoms with Crippen molar-refractivity contribution in [2.24, 2.45) is 11.3 Å². The topological polar surface area (TPSA) is 18.5 Å². The smallest absolute Gasteiger partial charge is 0.0717 e. The fourth-order valence-electron chi connectivity index (χ4n) is 3.68. The molecule has 0 radical (unpaired) electrons. The average Bonchev–Trinajstić information content (AvgIpc) is 3.07. The van der Waals surface area contributed by atoms with Gasteiger partial charge in [-0.25, -0.2) is 0 Å². The van der Waals surface area contributed by atoms with Crippen LogP contribution in [0, 0.1) is 11.3 Å². The molecule has 0 bridgehead atoms. The molecule has 0 N–H and O–H groups in total. The van der Waals surface area contributed by atoms with Gasteiger partial charge < -0.3 is 9.47 Å². The quantitative estimate of drug-likeness (QED) is 0.571. The third kappa shape index (κ3) is 5.29. The Kier molecular flexibility index (Phi) is 6.43. The number of hydrogen-bond acceptors (Lipinski definition) is 2. The average molecular weight is 336 g/mol. The summed E-state index contributed by atoms with van der Waals surface area (Å²) >= 11 is 0. The summed E-state index contributed by atoms with van der Waals surface area (Å²) in [6, 6.07) is 20.7. The molecule has 0 heterocycles. The standard InChI is InChI=1S/C23H28O2/c1-2-20-13-14-23(15-20,18-24-16-21-9-5-3-6-10-21)19-25-17-22-11-7-4-8-12-22/h2-12,20H,1,13-19H2. The van der Waals surface area contributed by atoms with E-state index in [9.17, 15) is 0 Å². The highest BCUT2D eigenvalue weighted by molar-refractivity contribution is 5.14. The van der Waals surface area contributed by atoms with Crippen LogP contribution in [-0.4, -0.2) is 13.2 Å². The first-order chi connectivity index (χ1) is 12.3. The van der Waals surface area contributed by atoms with Crippen molar-refractivity contribution in [1.82, 2.24) is 0 Å². The monoisotopic (exact) mass is 336 g/mol. The predicted octanol–water partition coefficient (Wildman–Crippen LogP) is 5.39. The van der Waals surface area contributed by atoms with E-state index < -0.39 is 0 Å². The Balaban J connectivity index is 1.53. The molecule has 1 aliphatic rings. The van der Waals surface area contributed by atoms with Crippen molar-refractivity contribution in [2.75, 3.05) is 13.2 Å². The van der Waals surface area contributed by atoms with Crippen LogP contribution in [0.15, 0.2) is 73.3 Å². The van der Waals surface area contributed by atoms with Gasteiger partial charge in [0.1, 0.15) is 0 Å². The van der Waals surface area contributed by atoms with Crippen LogP contribution in [0.3, 0.4) is 0 Å². The lowest BCUT2D eigenvalue weighted by molar-refractivity contribution is -0.0309. The van der Waals surface area contributed by atoms with Crippen LogP contribution in [0.1, 0.15) is 30.4 Å². The first-order valence-electron chi connectivity index (χ1n) is 9.16. The Labute approximate surface area is 151 Å². The number of ether oxygens (including phenoxy) is 2. The van der Waals surface area contributed by atoms with Gasteiger partial charge in [0.15, 0.2) is 0 Å². The van der Waals surface area contributed by atoms with Gasteiger partial charge in [-0.2, -0.15) is 0 Å². The third-order valence-electron chi connectivity index (χ3n) is 5.11. The zero-order valence-corrected chi connectivity index (χ0v) is 14.9. The van der Waals surface area contributed by atoms with Crippen LogP contribution in [0.2, 0.25) is 0 Å². The van der Waals surface area contributed by atoms with Crippen LogP contribution in [0.4, 0.5) is 0 Å². The molecule has 1 atom stereocenters. The molecular weight excluding hydrogens is 308 g/mol. The van der Waals surface area contributed by atoms with Gasteiger partial charge >= 0.3 is 0 Å². The minimum Gasteiger partial charge on any atom is -0.376 e. The second-order valence-electron chi connectivity index (χ2n) is 7.20. The summed E-state index contributed by atoms with van der Waals surface area (Å²) in [7, 11) is 0. The molecule has 0 saturated heterocycles. The first kappa shape index (κ1) is 17.9. The summed E-state index contributed by atoms with van der Waals surface area (Å²) in [6.45, 7) is 6.82. The van der Waals surface area contributed by atoms with Crippen molar-refractivity contribution in [3.63, 3.8) is 0 Å². The van der Waals surface area contributed by atoms with E-state index in [0.29, 0.717) is 19.1 Å². The Hall–Kier alpha value is -1.90. The molecular formula is C23H28O2. The third-order valence-corrected chi connectivity index (χ3v) is 5.11. The van der Waals surface area contributed by atoms with Gasteiger partial charge in [0.05, 0.1) is 26.4 Å². The normalized spacial score (nSPS) is 19.0. The second kappa shape index (κ2) is 8.98. The predicted molar refractivity (Wildman–Crippen MR) is 102 cm³/mol. The van der Waals surface area contributed by atoms with Crippen LogP contribution in [-0.2, 0) is 22.7 Å². The zero-order valence-electron chi connectivity index (χ0n) is 14.9. The van der Waals surface area contributed by atoms with Gasteiger partial charge in [-0.05, 0) is 36.3 Å². The van der Waals surface area contributed by atoms with E-state index in [2.05, 4.69) is 61.2 Å². The SMILES string of the molecule is C=CC1CCC(COCc2ccccc2)(COCc2ccccc2)C1. The van der Waals surface area contributed by atoms with Gasteiger partial charge in [-0.3, -0.25) is 0 Å². The molecule has 0 aliphatic heterocycles. The molecule has 1 saturated carbocycles. The molecule has 1 aliphatic carbocycles. The van der Waals surface area contributed by atoms with E-state index in [1.54, 1.807) is 0 Å². The van der Waals surface area contributed by atoms with Crippen molar-refractivity contribution < 1.29 is 9.47 Å². The maximum absolute atomic E-state index is 6.09. The van der Waals surface area contributed by atoms with Gasteiger partial charge in [-0.15, -0.1) is 6.58 Å². The molecule has 2 aromatic rings. The highest BCUT2D eigenvalue weighted by atomic mass is 16.5. The molecule has 3 rings (SSSR count). The molecule has 0 spiro atoms. The lowest BCUT2D eigenvalue weighted by Crippen LogP contribution is -2.30. The van der Waals surface area contributed by atoms with Crippen LogP contribution >= 0.6 is 0 Å². The molecule has 25 heavy (non-hydrogen) atoms. The largest absolute Gasteiger partial charge is 0.376 e.